The molecule has 2 aromatic carbocycles. The van der Waals surface area contributed by atoms with Gasteiger partial charge >= 0.3 is 6.18 Å². The van der Waals surface area contributed by atoms with Crippen molar-refractivity contribution in [1.82, 2.24) is 14.4 Å². The smallest absolute Gasteiger partial charge is 0.399 e. The minimum Gasteiger partial charge on any atom is -0.399 e. The first-order valence-corrected chi connectivity index (χ1v) is 12.1. The Balaban J connectivity index is 1.83. The molecule has 0 saturated carbocycles. The Morgan fingerprint density at radius 3 is 2.58 bits per heavy atom. The second-order valence-corrected chi connectivity index (χ2v) is 11.1. The van der Waals surface area contributed by atoms with E-state index in [1.54, 1.807) is 43.1 Å². The molecule has 0 aliphatic heterocycles. The zero-order valence-corrected chi connectivity index (χ0v) is 18.0. The summed E-state index contributed by atoms with van der Waals surface area (Å²) in [6.07, 6.45) is -1.12. The summed E-state index contributed by atoms with van der Waals surface area (Å²) in [5.74, 6) is 0.877. The van der Waals surface area contributed by atoms with E-state index in [4.69, 9.17) is 5.73 Å². The number of halogens is 3. The first-order chi connectivity index (χ1) is 14.4. The van der Waals surface area contributed by atoms with Crippen LogP contribution in [0.25, 0.3) is 16.7 Å². The number of anilines is 2. The molecule has 4 rings (SSSR count). The van der Waals surface area contributed by atoms with E-state index < -0.39 is 24.9 Å². The monoisotopic (exact) mass is 447 g/mol. The lowest BCUT2D eigenvalue weighted by Crippen LogP contribution is -2.13. The van der Waals surface area contributed by atoms with Gasteiger partial charge in [0.05, 0.1) is 17.1 Å². The highest BCUT2D eigenvalue weighted by Crippen LogP contribution is 2.37. The van der Waals surface area contributed by atoms with Crippen LogP contribution in [0.1, 0.15) is 24.1 Å². The third-order valence-electron chi connectivity index (χ3n) is 5.11. The summed E-state index contributed by atoms with van der Waals surface area (Å²) in [5.41, 5.74) is 6.10. The fourth-order valence-electron chi connectivity index (χ4n) is 3.47. The molecule has 0 saturated heterocycles. The number of nitrogen functional groups attached to an aromatic ring is 1. The summed E-state index contributed by atoms with van der Waals surface area (Å²) in [4.78, 5) is 8.77. The Labute approximate surface area is 176 Å². The number of nitrogens with two attached hydrogens (primary N) is 1. The largest absolute Gasteiger partial charge is 0.416 e. The van der Waals surface area contributed by atoms with Crippen molar-refractivity contribution in [2.24, 2.45) is 0 Å². The van der Waals surface area contributed by atoms with E-state index in [9.17, 15) is 17.7 Å². The van der Waals surface area contributed by atoms with Crippen molar-refractivity contribution in [3.63, 3.8) is 0 Å². The fraction of sp³-hybridized carbons (Fsp3) is 0.238. The normalized spacial score (nSPS) is 13.6. The molecule has 0 spiro atoms. The van der Waals surface area contributed by atoms with E-state index in [1.165, 1.54) is 6.07 Å². The van der Waals surface area contributed by atoms with Crippen molar-refractivity contribution in [3.8, 4) is 0 Å². The zero-order valence-electron chi connectivity index (χ0n) is 17.1. The summed E-state index contributed by atoms with van der Waals surface area (Å²) in [5, 5.41) is 4.56. The zero-order chi connectivity index (χ0) is 22.6. The average molecular weight is 447 g/mol. The molecule has 0 radical (unpaired) electrons. The van der Waals surface area contributed by atoms with Gasteiger partial charge in [-0.2, -0.15) is 18.2 Å². The predicted molar refractivity (Wildman–Crippen MR) is 117 cm³/mol. The van der Waals surface area contributed by atoms with Crippen molar-refractivity contribution in [3.05, 3.63) is 59.9 Å². The number of aromatic nitrogens is 3. The molecule has 4 aromatic rings. The number of nitrogens with zero attached hydrogens (tertiary/aromatic N) is 3. The van der Waals surface area contributed by atoms with Crippen LogP contribution >= 0.6 is 7.14 Å². The van der Waals surface area contributed by atoms with Crippen LogP contribution in [0.15, 0.2) is 48.8 Å². The topological polar surface area (TPSA) is 85.3 Å². The van der Waals surface area contributed by atoms with E-state index in [0.29, 0.717) is 27.8 Å². The Bertz CT molecular complexity index is 1340. The summed E-state index contributed by atoms with van der Waals surface area (Å²) in [6, 6.07) is 8.41. The van der Waals surface area contributed by atoms with Crippen LogP contribution in [-0.2, 0) is 10.7 Å². The number of nitrogens with one attached hydrogen (secondary N) is 1. The molecule has 1 atom stereocenters. The molecule has 6 nitrogen and oxygen atoms in total. The van der Waals surface area contributed by atoms with Crippen molar-refractivity contribution in [2.75, 3.05) is 24.4 Å². The number of hydrogen-bond donors (Lipinski definition) is 2. The maximum Gasteiger partial charge on any atom is 0.416 e. The van der Waals surface area contributed by atoms with Crippen LogP contribution in [0.4, 0.5) is 24.7 Å². The van der Waals surface area contributed by atoms with E-state index in [1.807, 2.05) is 12.1 Å². The Morgan fingerprint density at radius 1 is 1.16 bits per heavy atom. The summed E-state index contributed by atoms with van der Waals surface area (Å²) >= 11 is 0. The molecule has 0 unspecified atom stereocenters. The summed E-state index contributed by atoms with van der Waals surface area (Å²) in [6.45, 7) is 5.09. The van der Waals surface area contributed by atoms with Gasteiger partial charge in [-0.1, -0.05) is 0 Å². The van der Waals surface area contributed by atoms with Crippen LogP contribution in [0.2, 0.25) is 0 Å². The van der Waals surface area contributed by atoms with Gasteiger partial charge in [0.15, 0.2) is 0 Å². The SMILES string of the molecule is C[C@@H](Nc1nc2nccn2c2ccc(P(C)(C)=O)cc12)c1cc(N)cc(C(F)(F)F)c1. The highest BCUT2D eigenvalue weighted by atomic mass is 31.2. The number of rotatable bonds is 4. The van der Waals surface area contributed by atoms with Crippen LogP contribution in [0.5, 0.6) is 0 Å². The first kappa shape index (κ1) is 21.2. The van der Waals surface area contributed by atoms with Gasteiger partial charge in [-0.15, -0.1) is 0 Å². The number of fused-ring (bicyclic) bond motifs is 3. The minimum atomic E-state index is -4.50. The fourth-order valence-corrected chi connectivity index (χ4v) is 4.35. The molecule has 0 fully saturated rings. The second-order valence-electron chi connectivity index (χ2n) is 7.86. The summed E-state index contributed by atoms with van der Waals surface area (Å²) in [7, 11) is -2.53. The van der Waals surface area contributed by atoms with Gasteiger partial charge < -0.3 is 15.6 Å². The number of hydrogen-bond acceptors (Lipinski definition) is 5. The third kappa shape index (κ3) is 4.10. The van der Waals surface area contributed by atoms with Crippen LogP contribution in [-0.4, -0.2) is 27.7 Å². The van der Waals surface area contributed by atoms with Gasteiger partial charge in [-0.3, -0.25) is 4.40 Å². The molecule has 3 N–H and O–H groups in total. The van der Waals surface area contributed by atoms with E-state index in [-0.39, 0.29) is 5.69 Å². The van der Waals surface area contributed by atoms with Gasteiger partial charge in [0, 0.05) is 28.8 Å². The Hall–Kier alpha value is -3.06. The molecule has 162 valence electrons. The van der Waals surface area contributed by atoms with Gasteiger partial charge in [0.25, 0.3) is 0 Å². The van der Waals surface area contributed by atoms with E-state index in [2.05, 4.69) is 15.3 Å². The highest BCUT2D eigenvalue weighted by molar-refractivity contribution is 7.70. The molecule has 2 heterocycles. The van der Waals surface area contributed by atoms with Gasteiger partial charge in [-0.05, 0) is 62.2 Å². The van der Waals surface area contributed by atoms with Crippen molar-refractivity contribution < 1.29 is 17.7 Å². The molecule has 2 aromatic heterocycles. The van der Waals surface area contributed by atoms with E-state index >= 15 is 0 Å². The lowest BCUT2D eigenvalue weighted by atomic mass is 10.0. The molecule has 0 aliphatic carbocycles. The number of imidazole rings is 1. The molecule has 0 amide bonds. The highest BCUT2D eigenvalue weighted by Gasteiger charge is 2.31. The van der Waals surface area contributed by atoms with Gasteiger partial charge in [0.1, 0.15) is 13.0 Å². The molecule has 31 heavy (non-hydrogen) atoms. The Morgan fingerprint density at radius 2 is 1.90 bits per heavy atom. The van der Waals surface area contributed by atoms with Crippen LogP contribution in [0.3, 0.4) is 0 Å². The average Bonchev–Trinajstić information content (AvgIpc) is 3.14. The van der Waals surface area contributed by atoms with Crippen molar-refractivity contribution in [2.45, 2.75) is 19.1 Å². The van der Waals surface area contributed by atoms with Gasteiger partial charge in [-0.25, -0.2) is 4.98 Å². The van der Waals surface area contributed by atoms with Crippen molar-refractivity contribution in [1.29, 1.82) is 0 Å². The lowest BCUT2D eigenvalue weighted by molar-refractivity contribution is -0.137. The third-order valence-corrected chi connectivity index (χ3v) is 6.63. The second kappa shape index (κ2) is 7.27. The molecular formula is C21H21F3N5OP. The van der Waals surface area contributed by atoms with E-state index in [0.717, 1.165) is 17.6 Å². The quantitative estimate of drug-likeness (QED) is 0.343. The molecule has 10 heteroatoms. The Kier molecular flexibility index (Phi) is 4.97. The summed E-state index contributed by atoms with van der Waals surface area (Å²) < 4.78 is 54.1. The minimum absolute atomic E-state index is 0.0280. The standard InChI is InChI=1S/C21H21F3N5OP/c1-12(13-8-14(21(22,23)24)10-15(25)9-13)27-19-17-11-16(31(2,3)30)4-5-18(17)29-7-6-26-20(29)28-19/h4-12H,25H2,1-3H3,(H,26,27,28)/t12-/m1/s1. The van der Waals surface area contributed by atoms with Crippen molar-refractivity contribution >= 4 is 40.6 Å². The maximum absolute atomic E-state index is 13.2. The predicted octanol–water partition coefficient (Wildman–Crippen LogP) is 4.90. The number of benzene rings is 2. The molecule has 0 aliphatic rings. The first-order valence-electron chi connectivity index (χ1n) is 9.50. The lowest BCUT2D eigenvalue weighted by Gasteiger charge is -2.19. The van der Waals surface area contributed by atoms with Crippen LogP contribution < -0.4 is 16.4 Å². The van der Waals surface area contributed by atoms with Gasteiger partial charge in [0.2, 0.25) is 5.78 Å². The van der Waals surface area contributed by atoms with Crippen LogP contribution in [0, 0.1) is 0 Å². The number of alkyl halides is 3. The maximum atomic E-state index is 13.2. The molecule has 0 bridgehead atoms. The molecular weight excluding hydrogens is 426 g/mol.